The molecule has 0 aliphatic carbocycles. The van der Waals surface area contributed by atoms with Crippen LogP contribution in [0, 0.1) is 0 Å². The summed E-state index contributed by atoms with van der Waals surface area (Å²) < 4.78 is 7.49. The number of hydrogen-bond acceptors (Lipinski definition) is 5. The van der Waals surface area contributed by atoms with E-state index in [2.05, 4.69) is 39.0 Å². The van der Waals surface area contributed by atoms with Gasteiger partial charge in [-0.3, -0.25) is 0 Å². The number of halogens is 1. The highest BCUT2D eigenvalue weighted by atomic mass is 79.9. The Balaban J connectivity index is 2.06. The molecule has 1 aliphatic heterocycles. The van der Waals surface area contributed by atoms with E-state index in [1.54, 1.807) is 11.5 Å². The predicted molar refractivity (Wildman–Crippen MR) is 89.1 cm³/mol. The second-order valence-electron chi connectivity index (χ2n) is 4.98. The van der Waals surface area contributed by atoms with Gasteiger partial charge in [0.1, 0.15) is 5.69 Å². The number of hydrogen-bond donors (Lipinski definition) is 2. The Morgan fingerprint density at radius 2 is 2.19 bits per heavy atom. The van der Waals surface area contributed by atoms with Gasteiger partial charge in [0.15, 0.2) is 0 Å². The maximum atomic E-state index is 11.8. The number of allylic oxidation sites excluding steroid dienone is 1. The molecule has 1 N–H and O–H groups in total. The molecule has 0 unspecified atom stereocenters. The van der Waals surface area contributed by atoms with Crippen molar-refractivity contribution in [3.63, 3.8) is 0 Å². The average molecular weight is 374 g/mol. The zero-order valence-electron chi connectivity index (χ0n) is 12.0. The number of ether oxygens (including phenoxy) is 1. The Kier molecular flexibility index (Phi) is 6.20. The first-order valence-corrected chi connectivity index (χ1v) is 8.24. The van der Waals surface area contributed by atoms with Gasteiger partial charge < -0.3 is 14.7 Å². The highest BCUT2D eigenvalue weighted by molar-refractivity contribution is 9.10. The van der Waals surface area contributed by atoms with Crippen LogP contribution in [0.4, 0.5) is 0 Å². The summed E-state index contributed by atoms with van der Waals surface area (Å²) in [5.74, 6) is -0.350. The minimum Gasteiger partial charge on any atom is -0.464 e. The van der Waals surface area contributed by atoms with Crippen LogP contribution in [0.2, 0.25) is 0 Å². The number of hydrazine groups is 1. The second-order valence-corrected chi connectivity index (χ2v) is 6.15. The van der Waals surface area contributed by atoms with Crippen molar-refractivity contribution in [2.75, 3.05) is 20.2 Å². The van der Waals surface area contributed by atoms with Gasteiger partial charge in [-0.15, -0.1) is 12.6 Å². The van der Waals surface area contributed by atoms with Crippen LogP contribution in [0.1, 0.15) is 29.8 Å². The average Bonchev–Trinajstić information content (AvgIpc) is 2.87. The molecule has 0 bridgehead atoms. The Bertz CT molecular complexity index is 524. The molecular weight excluding hydrogens is 354 g/mol. The molecule has 0 amide bonds. The lowest BCUT2D eigenvalue weighted by atomic mass is 10.2. The van der Waals surface area contributed by atoms with E-state index in [-0.39, 0.29) is 5.97 Å². The Morgan fingerprint density at radius 1 is 1.48 bits per heavy atom. The van der Waals surface area contributed by atoms with Crippen LogP contribution in [0.15, 0.2) is 27.8 Å². The van der Waals surface area contributed by atoms with Gasteiger partial charge >= 0.3 is 5.97 Å². The summed E-state index contributed by atoms with van der Waals surface area (Å²) in [4.78, 5) is 11.8. The minimum absolute atomic E-state index is 0.350. The minimum atomic E-state index is -0.350. The molecule has 0 atom stereocenters. The van der Waals surface area contributed by atoms with Crippen LogP contribution in [-0.4, -0.2) is 35.7 Å². The third-order valence-corrected chi connectivity index (χ3v) is 4.16. The summed E-state index contributed by atoms with van der Waals surface area (Å²) in [5.41, 5.74) is 4.83. The molecule has 1 aromatic heterocycles. The molecule has 0 aromatic carbocycles. The van der Waals surface area contributed by atoms with E-state index >= 15 is 0 Å². The normalized spacial score (nSPS) is 16.8. The van der Waals surface area contributed by atoms with E-state index in [4.69, 9.17) is 4.74 Å². The molecule has 5 nitrogen and oxygen atoms in total. The topological polar surface area (TPSA) is 46.5 Å². The first-order chi connectivity index (χ1) is 10.1. The number of piperidine rings is 1. The zero-order valence-corrected chi connectivity index (χ0v) is 14.5. The number of nitrogens with one attached hydrogen (secondary N) is 1. The summed E-state index contributed by atoms with van der Waals surface area (Å²) >= 11 is 7.66. The smallest absolute Gasteiger partial charge is 0.354 e. The Morgan fingerprint density at radius 3 is 2.81 bits per heavy atom. The van der Waals surface area contributed by atoms with Crippen molar-refractivity contribution in [3.05, 3.63) is 33.5 Å². The third-order valence-electron chi connectivity index (χ3n) is 3.41. The summed E-state index contributed by atoms with van der Waals surface area (Å²) in [7, 11) is 1.38. The molecule has 0 spiro atoms. The number of methoxy groups -OCH3 is 1. The standard InChI is InChI=1S/C14H20BrN3O2S/c1-20-14(19)13-7-11(15)8-17(13)9-12(10-21)16-18-5-3-2-4-6-18/h7-8,10,16,21H,2-6,9H2,1H3/b12-10-. The third kappa shape index (κ3) is 4.52. The molecular formula is C14H20BrN3O2S. The highest BCUT2D eigenvalue weighted by Gasteiger charge is 2.16. The first kappa shape index (κ1) is 16.5. The number of carbonyl (C=O) groups is 1. The van der Waals surface area contributed by atoms with Crippen molar-refractivity contribution in [3.8, 4) is 0 Å². The van der Waals surface area contributed by atoms with Gasteiger partial charge in [-0.2, -0.15) is 0 Å². The lowest BCUT2D eigenvalue weighted by Crippen LogP contribution is -2.41. The van der Waals surface area contributed by atoms with Gasteiger partial charge in [0.25, 0.3) is 0 Å². The van der Waals surface area contributed by atoms with Crippen LogP contribution in [0.3, 0.4) is 0 Å². The van der Waals surface area contributed by atoms with Crippen molar-refractivity contribution < 1.29 is 9.53 Å². The van der Waals surface area contributed by atoms with Crippen molar-refractivity contribution >= 4 is 34.5 Å². The molecule has 0 radical (unpaired) electrons. The number of thiol groups is 1. The van der Waals surface area contributed by atoms with Crippen molar-refractivity contribution in [1.29, 1.82) is 0 Å². The number of aromatic nitrogens is 1. The van der Waals surface area contributed by atoms with Crippen LogP contribution in [0.25, 0.3) is 0 Å². The van der Waals surface area contributed by atoms with Crippen molar-refractivity contribution in [2.45, 2.75) is 25.8 Å². The van der Waals surface area contributed by atoms with Gasteiger partial charge in [0, 0.05) is 23.8 Å². The van der Waals surface area contributed by atoms with Crippen LogP contribution < -0.4 is 5.43 Å². The van der Waals surface area contributed by atoms with E-state index in [9.17, 15) is 4.79 Å². The van der Waals surface area contributed by atoms with Crippen LogP contribution >= 0.6 is 28.6 Å². The fourth-order valence-electron chi connectivity index (χ4n) is 2.38. The van der Waals surface area contributed by atoms with E-state index < -0.39 is 0 Å². The van der Waals surface area contributed by atoms with E-state index in [0.29, 0.717) is 12.2 Å². The summed E-state index contributed by atoms with van der Waals surface area (Å²) in [6, 6.07) is 1.75. The summed E-state index contributed by atoms with van der Waals surface area (Å²) in [6.07, 6.45) is 5.56. The van der Waals surface area contributed by atoms with E-state index in [0.717, 1.165) is 23.3 Å². The number of carbonyl (C=O) groups excluding carboxylic acids is 1. The molecule has 1 aromatic rings. The fourth-order valence-corrected chi connectivity index (χ4v) is 2.98. The molecule has 0 saturated carbocycles. The second kappa shape index (κ2) is 7.91. The first-order valence-electron chi connectivity index (χ1n) is 6.93. The summed E-state index contributed by atoms with van der Waals surface area (Å²) in [5, 5.41) is 3.94. The largest absolute Gasteiger partial charge is 0.464 e. The van der Waals surface area contributed by atoms with Crippen LogP contribution in [-0.2, 0) is 11.3 Å². The van der Waals surface area contributed by atoms with E-state index in [1.807, 2.05) is 10.8 Å². The molecule has 1 fully saturated rings. The van der Waals surface area contributed by atoms with Gasteiger partial charge in [0.2, 0.25) is 0 Å². The van der Waals surface area contributed by atoms with Crippen LogP contribution in [0.5, 0.6) is 0 Å². The molecule has 2 rings (SSSR count). The molecule has 7 heteroatoms. The molecule has 1 aliphatic rings. The maximum absolute atomic E-state index is 11.8. The quantitative estimate of drug-likeness (QED) is 0.615. The Hall–Kier alpha value is -0.920. The molecule has 21 heavy (non-hydrogen) atoms. The molecule has 116 valence electrons. The van der Waals surface area contributed by atoms with Gasteiger partial charge in [-0.05, 0) is 40.2 Å². The Labute approximate surface area is 138 Å². The number of esters is 1. The molecule has 2 heterocycles. The summed E-state index contributed by atoms with van der Waals surface area (Å²) in [6.45, 7) is 2.60. The lowest BCUT2D eigenvalue weighted by molar-refractivity contribution is 0.0588. The van der Waals surface area contributed by atoms with Gasteiger partial charge in [-0.25, -0.2) is 9.80 Å². The monoisotopic (exact) mass is 373 g/mol. The maximum Gasteiger partial charge on any atom is 0.354 e. The van der Waals surface area contributed by atoms with Crippen molar-refractivity contribution in [1.82, 2.24) is 15.0 Å². The highest BCUT2D eigenvalue weighted by Crippen LogP contribution is 2.17. The zero-order chi connectivity index (χ0) is 15.2. The number of rotatable bonds is 5. The van der Waals surface area contributed by atoms with Crippen molar-refractivity contribution in [2.24, 2.45) is 0 Å². The molecule has 1 saturated heterocycles. The SMILES string of the molecule is COC(=O)c1cc(Br)cn1C/C(=C/S)NN1CCCCC1. The van der Waals surface area contributed by atoms with Gasteiger partial charge in [0.05, 0.1) is 19.4 Å². The van der Waals surface area contributed by atoms with E-state index in [1.165, 1.54) is 26.4 Å². The fraction of sp³-hybridized carbons (Fsp3) is 0.500. The van der Waals surface area contributed by atoms with Gasteiger partial charge in [-0.1, -0.05) is 6.42 Å². The number of nitrogens with zero attached hydrogens (tertiary/aromatic N) is 2. The lowest BCUT2D eigenvalue weighted by Gasteiger charge is -2.29. The predicted octanol–water partition coefficient (Wildman–Crippen LogP) is 2.80.